The zero-order valence-corrected chi connectivity index (χ0v) is 10.2. The van der Waals surface area contributed by atoms with Crippen LogP contribution in [0, 0.1) is 5.92 Å². The molecule has 1 aliphatic heterocycles. The van der Waals surface area contributed by atoms with Crippen molar-refractivity contribution in [1.82, 2.24) is 0 Å². The predicted molar refractivity (Wildman–Crippen MR) is 58.5 cm³/mol. The molecular formula is C10H20O4S. The molecule has 0 saturated carbocycles. The molecule has 2 unspecified atom stereocenters. The van der Waals surface area contributed by atoms with Gasteiger partial charge in [-0.2, -0.15) is 0 Å². The number of aliphatic hydroxyl groups excluding tert-OH is 1. The van der Waals surface area contributed by atoms with E-state index in [-0.39, 0.29) is 0 Å². The third-order valence-corrected chi connectivity index (χ3v) is 4.80. The van der Waals surface area contributed by atoms with E-state index in [1.165, 1.54) is 6.26 Å². The average molecular weight is 236 g/mol. The average Bonchev–Trinajstić information content (AvgIpc) is 2.16. The van der Waals surface area contributed by atoms with Crippen LogP contribution in [0.15, 0.2) is 0 Å². The van der Waals surface area contributed by atoms with Crippen LogP contribution in [0.25, 0.3) is 0 Å². The Balaban J connectivity index is 2.43. The molecule has 0 aliphatic carbocycles. The summed E-state index contributed by atoms with van der Waals surface area (Å²) in [5.41, 5.74) is 0. The summed E-state index contributed by atoms with van der Waals surface area (Å²) in [6, 6.07) is 0. The Morgan fingerprint density at radius 3 is 2.40 bits per heavy atom. The maximum absolute atomic E-state index is 11.2. The molecule has 0 aromatic carbocycles. The third-order valence-electron chi connectivity index (χ3n) is 3.13. The fourth-order valence-corrected chi connectivity index (χ4v) is 2.48. The minimum atomic E-state index is -3.13. The van der Waals surface area contributed by atoms with E-state index in [1.54, 1.807) is 6.92 Å². The number of sulfone groups is 1. The standard InChI is InChI=1S/C10H20O4S/c1-8(15(2,12)13)10(11)7-9-3-5-14-6-4-9/h8-11H,3-7H2,1-2H3. The summed E-state index contributed by atoms with van der Waals surface area (Å²) in [5.74, 6) is 0.401. The van der Waals surface area contributed by atoms with Crippen LogP contribution in [0.2, 0.25) is 0 Å². The second-order valence-electron chi connectivity index (χ2n) is 4.39. The van der Waals surface area contributed by atoms with Gasteiger partial charge in [-0.25, -0.2) is 8.42 Å². The van der Waals surface area contributed by atoms with Gasteiger partial charge in [0.25, 0.3) is 0 Å². The Bertz CT molecular complexity index is 280. The van der Waals surface area contributed by atoms with Gasteiger partial charge in [-0.15, -0.1) is 0 Å². The van der Waals surface area contributed by atoms with Crippen LogP contribution in [-0.4, -0.2) is 44.3 Å². The van der Waals surface area contributed by atoms with Crippen molar-refractivity contribution >= 4 is 9.84 Å². The molecule has 15 heavy (non-hydrogen) atoms. The first-order valence-electron chi connectivity index (χ1n) is 5.36. The molecule has 0 bridgehead atoms. The van der Waals surface area contributed by atoms with E-state index < -0.39 is 21.2 Å². The summed E-state index contributed by atoms with van der Waals surface area (Å²) in [4.78, 5) is 0. The van der Waals surface area contributed by atoms with E-state index in [1.807, 2.05) is 0 Å². The van der Waals surface area contributed by atoms with Crippen molar-refractivity contribution in [3.05, 3.63) is 0 Å². The SMILES string of the molecule is CC(C(O)CC1CCOCC1)S(C)(=O)=O. The van der Waals surface area contributed by atoms with Crippen LogP contribution in [0.3, 0.4) is 0 Å². The molecule has 1 saturated heterocycles. The van der Waals surface area contributed by atoms with Crippen molar-refractivity contribution in [2.24, 2.45) is 5.92 Å². The Labute approximate surface area is 91.6 Å². The fourth-order valence-electron chi connectivity index (χ4n) is 1.80. The van der Waals surface area contributed by atoms with Crippen molar-refractivity contribution in [3.63, 3.8) is 0 Å². The van der Waals surface area contributed by atoms with Gasteiger partial charge in [0.15, 0.2) is 9.84 Å². The van der Waals surface area contributed by atoms with Crippen LogP contribution >= 0.6 is 0 Å². The van der Waals surface area contributed by atoms with Gasteiger partial charge in [-0.1, -0.05) is 0 Å². The molecule has 2 atom stereocenters. The highest BCUT2D eigenvalue weighted by Gasteiger charge is 2.27. The monoisotopic (exact) mass is 236 g/mol. The van der Waals surface area contributed by atoms with Gasteiger partial charge in [0.05, 0.1) is 11.4 Å². The van der Waals surface area contributed by atoms with Gasteiger partial charge in [-0.05, 0) is 32.1 Å². The summed E-state index contributed by atoms with van der Waals surface area (Å²) >= 11 is 0. The minimum absolute atomic E-state index is 0.401. The van der Waals surface area contributed by atoms with E-state index >= 15 is 0 Å². The zero-order valence-electron chi connectivity index (χ0n) is 9.35. The minimum Gasteiger partial charge on any atom is -0.392 e. The number of hydrogen-bond acceptors (Lipinski definition) is 4. The second-order valence-corrected chi connectivity index (χ2v) is 6.80. The largest absolute Gasteiger partial charge is 0.392 e. The summed E-state index contributed by atoms with van der Waals surface area (Å²) in [7, 11) is -3.13. The van der Waals surface area contributed by atoms with Crippen molar-refractivity contribution in [1.29, 1.82) is 0 Å². The van der Waals surface area contributed by atoms with Crippen molar-refractivity contribution in [2.75, 3.05) is 19.5 Å². The molecule has 4 nitrogen and oxygen atoms in total. The highest BCUT2D eigenvalue weighted by molar-refractivity contribution is 7.91. The smallest absolute Gasteiger partial charge is 0.152 e. The van der Waals surface area contributed by atoms with E-state index in [0.29, 0.717) is 12.3 Å². The number of aliphatic hydroxyl groups is 1. The Morgan fingerprint density at radius 1 is 1.40 bits per heavy atom. The van der Waals surface area contributed by atoms with Gasteiger partial charge >= 0.3 is 0 Å². The van der Waals surface area contributed by atoms with Crippen molar-refractivity contribution in [3.8, 4) is 0 Å². The fraction of sp³-hybridized carbons (Fsp3) is 1.00. The molecular weight excluding hydrogens is 216 g/mol. The second kappa shape index (κ2) is 5.27. The molecule has 0 amide bonds. The summed E-state index contributed by atoms with van der Waals surface area (Å²) in [6.45, 7) is 3.02. The summed E-state index contributed by atoms with van der Waals surface area (Å²) in [5, 5.41) is 9.12. The number of rotatable bonds is 4. The Kier molecular flexibility index (Phi) is 4.55. The quantitative estimate of drug-likeness (QED) is 0.776. The lowest BCUT2D eigenvalue weighted by molar-refractivity contribution is 0.0437. The maximum Gasteiger partial charge on any atom is 0.152 e. The molecule has 0 aromatic heterocycles. The molecule has 5 heteroatoms. The zero-order chi connectivity index (χ0) is 11.5. The molecule has 1 aliphatic rings. The molecule has 0 radical (unpaired) electrons. The van der Waals surface area contributed by atoms with Gasteiger partial charge in [0.2, 0.25) is 0 Å². The van der Waals surface area contributed by atoms with Crippen LogP contribution in [0.4, 0.5) is 0 Å². The molecule has 0 aromatic rings. The van der Waals surface area contributed by atoms with Crippen LogP contribution in [-0.2, 0) is 14.6 Å². The highest BCUT2D eigenvalue weighted by Crippen LogP contribution is 2.22. The van der Waals surface area contributed by atoms with Gasteiger partial charge in [0, 0.05) is 19.5 Å². The molecule has 1 fully saturated rings. The van der Waals surface area contributed by atoms with Crippen LogP contribution < -0.4 is 0 Å². The van der Waals surface area contributed by atoms with Gasteiger partial charge in [0.1, 0.15) is 0 Å². The Morgan fingerprint density at radius 2 is 1.93 bits per heavy atom. The highest BCUT2D eigenvalue weighted by atomic mass is 32.2. The first-order chi connectivity index (χ1) is 6.91. The number of ether oxygens (including phenoxy) is 1. The molecule has 1 heterocycles. The maximum atomic E-state index is 11.2. The Hall–Kier alpha value is -0.130. The molecule has 0 spiro atoms. The van der Waals surface area contributed by atoms with E-state index in [2.05, 4.69) is 0 Å². The summed E-state index contributed by atoms with van der Waals surface area (Å²) < 4.78 is 27.7. The lowest BCUT2D eigenvalue weighted by atomic mass is 9.93. The number of hydrogen-bond donors (Lipinski definition) is 1. The van der Waals surface area contributed by atoms with Crippen LogP contribution in [0.5, 0.6) is 0 Å². The van der Waals surface area contributed by atoms with E-state index in [9.17, 15) is 13.5 Å². The van der Waals surface area contributed by atoms with E-state index in [0.717, 1.165) is 26.1 Å². The topological polar surface area (TPSA) is 63.6 Å². The van der Waals surface area contributed by atoms with Crippen molar-refractivity contribution < 1.29 is 18.3 Å². The van der Waals surface area contributed by atoms with E-state index in [4.69, 9.17) is 4.74 Å². The first-order valence-corrected chi connectivity index (χ1v) is 7.31. The lowest BCUT2D eigenvalue weighted by Crippen LogP contribution is -2.33. The summed E-state index contributed by atoms with van der Waals surface area (Å²) in [6.07, 6.45) is 2.84. The molecule has 90 valence electrons. The van der Waals surface area contributed by atoms with Crippen molar-refractivity contribution in [2.45, 2.75) is 37.5 Å². The normalized spacial score (nSPS) is 23.7. The molecule has 1 N–H and O–H groups in total. The van der Waals surface area contributed by atoms with Gasteiger partial charge in [-0.3, -0.25) is 0 Å². The van der Waals surface area contributed by atoms with Crippen LogP contribution in [0.1, 0.15) is 26.2 Å². The predicted octanol–water partition coefficient (Wildman–Crippen LogP) is 0.597. The van der Waals surface area contributed by atoms with Gasteiger partial charge < -0.3 is 9.84 Å². The molecule has 1 rings (SSSR count). The third kappa shape index (κ3) is 4.09. The lowest BCUT2D eigenvalue weighted by Gasteiger charge is -2.26. The first kappa shape index (κ1) is 12.9.